The van der Waals surface area contributed by atoms with Crippen molar-refractivity contribution in [2.45, 2.75) is 32.1 Å². The standard InChI is InChI=1S/C22H20N2O2/c23-14-19-10-11-21(13-20(19)15-24)26-22(25)18-8-6-17(7-9-18)12-16-4-2-1-3-5-16/h1-5,10-11,13,17-18H,6-9,12H2/t17-,18-. The molecular formula is C22H20N2O2. The van der Waals surface area contributed by atoms with Crippen molar-refractivity contribution in [3.05, 3.63) is 65.2 Å². The monoisotopic (exact) mass is 344 g/mol. The van der Waals surface area contributed by atoms with Crippen LogP contribution in [0.25, 0.3) is 0 Å². The van der Waals surface area contributed by atoms with E-state index in [0.29, 0.717) is 11.7 Å². The van der Waals surface area contributed by atoms with Gasteiger partial charge in [0.25, 0.3) is 0 Å². The van der Waals surface area contributed by atoms with Crippen molar-refractivity contribution < 1.29 is 9.53 Å². The summed E-state index contributed by atoms with van der Waals surface area (Å²) in [6.45, 7) is 0. The Kier molecular flexibility index (Phi) is 5.66. The third kappa shape index (κ3) is 4.29. The largest absolute Gasteiger partial charge is 0.426 e. The van der Waals surface area contributed by atoms with Crippen LogP contribution in [-0.2, 0) is 11.2 Å². The number of hydrogen-bond acceptors (Lipinski definition) is 4. The van der Waals surface area contributed by atoms with Gasteiger partial charge in [-0.1, -0.05) is 30.3 Å². The molecule has 130 valence electrons. The van der Waals surface area contributed by atoms with E-state index >= 15 is 0 Å². The number of rotatable bonds is 4. The first-order chi connectivity index (χ1) is 12.7. The number of carbonyl (C=O) groups is 1. The van der Waals surface area contributed by atoms with Crippen LogP contribution in [0.15, 0.2) is 48.5 Å². The molecule has 0 aromatic heterocycles. The van der Waals surface area contributed by atoms with Crippen LogP contribution in [0.1, 0.15) is 42.4 Å². The Morgan fingerprint density at radius 2 is 1.65 bits per heavy atom. The van der Waals surface area contributed by atoms with Crippen molar-refractivity contribution >= 4 is 5.97 Å². The maximum atomic E-state index is 12.4. The molecule has 1 saturated carbocycles. The Morgan fingerprint density at radius 1 is 0.962 bits per heavy atom. The summed E-state index contributed by atoms with van der Waals surface area (Å²) in [7, 11) is 0. The first-order valence-corrected chi connectivity index (χ1v) is 8.89. The molecule has 0 aliphatic heterocycles. The fourth-order valence-corrected chi connectivity index (χ4v) is 3.53. The van der Waals surface area contributed by atoms with E-state index in [-0.39, 0.29) is 23.0 Å². The number of ether oxygens (including phenoxy) is 1. The highest BCUT2D eigenvalue weighted by molar-refractivity contribution is 5.75. The third-order valence-corrected chi connectivity index (χ3v) is 5.00. The van der Waals surface area contributed by atoms with Crippen LogP contribution in [0.5, 0.6) is 5.75 Å². The minimum atomic E-state index is -0.239. The molecule has 2 aromatic rings. The zero-order chi connectivity index (χ0) is 18.4. The molecule has 4 heteroatoms. The van der Waals surface area contributed by atoms with Gasteiger partial charge in [0.15, 0.2) is 0 Å². The van der Waals surface area contributed by atoms with Crippen LogP contribution in [-0.4, -0.2) is 5.97 Å². The summed E-state index contributed by atoms with van der Waals surface area (Å²) in [4.78, 5) is 12.4. The van der Waals surface area contributed by atoms with Crippen LogP contribution in [0.2, 0.25) is 0 Å². The maximum absolute atomic E-state index is 12.4. The van der Waals surface area contributed by atoms with E-state index in [4.69, 9.17) is 15.3 Å². The van der Waals surface area contributed by atoms with E-state index in [0.717, 1.165) is 32.1 Å². The van der Waals surface area contributed by atoms with Gasteiger partial charge in [-0.05, 0) is 55.7 Å². The SMILES string of the molecule is N#Cc1ccc(OC(=O)[C@H]2CC[C@H](Cc3ccccc3)CC2)cc1C#N. The quantitative estimate of drug-likeness (QED) is 0.609. The van der Waals surface area contributed by atoms with E-state index in [1.165, 1.54) is 17.7 Å². The van der Waals surface area contributed by atoms with Crippen LogP contribution in [0.3, 0.4) is 0 Å². The molecule has 0 heterocycles. The minimum absolute atomic E-state index is 0.0943. The van der Waals surface area contributed by atoms with Gasteiger partial charge in [-0.25, -0.2) is 0 Å². The van der Waals surface area contributed by atoms with Crippen molar-refractivity contribution in [3.8, 4) is 17.9 Å². The van der Waals surface area contributed by atoms with Crippen LogP contribution in [0, 0.1) is 34.5 Å². The fraction of sp³-hybridized carbons (Fsp3) is 0.318. The molecule has 4 nitrogen and oxygen atoms in total. The normalized spacial score (nSPS) is 19.2. The van der Waals surface area contributed by atoms with Crippen molar-refractivity contribution in [1.29, 1.82) is 10.5 Å². The van der Waals surface area contributed by atoms with Crippen LogP contribution < -0.4 is 4.74 Å². The van der Waals surface area contributed by atoms with E-state index in [1.807, 2.05) is 18.2 Å². The Morgan fingerprint density at radius 3 is 2.31 bits per heavy atom. The molecule has 26 heavy (non-hydrogen) atoms. The molecule has 0 unspecified atom stereocenters. The van der Waals surface area contributed by atoms with E-state index in [2.05, 4.69) is 24.3 Å². The van der Waals surface area contributed by atoms with Crippen molar-refractivity contribution in [3.63, 3.8) is 0 Å². The number of benzene rings is 2. The lowest BCUT2D eigenvalue weighted by Crippen LogP contribution is -2.26. The number of carbonyl (C=O) groups excluding carboxylic acids is 1. The summed E-state index contributed by atoms with van der Waals surface area (Å²) in [6.07, 6.45) is 4.76. The second-order valence-corrected chi connectivity index (χ2v) is 6.76. The average Bonchev–Trinajstić information content (AvgIpc) is 2.69. The van der Waals surface area contributed by atoms with Gasteiger partial charge >= 0.3 is 5.97 Å². The third-order valence-electron chi connectivity index (χ3n) is 5.00. The molecule has 1 aliphatic rings. The number of esters is 1. The highest BCUT2D eigenvalue weighted by Crippen LogP contribution is 2.32. The molecule has 0 radical (unpaired) electrons. The average molecular weight is 344 g/mol. The molecule has 0 spiro atoms. The maximum Gasteiger partial charge on any atom is 0.314 e. The smallest absolute Gasteiger partial charge is 0.314 e. The highest BCUT2D eigenvalue weighted by Gasteiger charge is 2.28. The minimum Gasteiger partial charge on any atom is -0.426 e. The van der Waals surface area contributed by atoms with Gasteiger partial charge in [-0.15, -0.1) is 0 Å². The number of hydrogen-bond donors (Lipinski definition) is 0. The summed E-state index contributed by atoms with van der Waals surface area (Å²) in [5.41, 5.74) is 1.86. The molecule has 0 atom stereocenters. The zero-order valence-electron chi connectivity index (χ0n) is 14.5. The number of nitriles is 2. The molecule has 0 N–H and O–H groups in total. The molecule has 0 bridgehead atoms. The molecule has 1 aliphatic carbocycles. The predicted octanol–water partition coefficient (Wildman–Crippen LogP) is 4.38. The molecular weight excluding hydrogens is 324 g/mol. The molecule has 1 fully saturated rings. The van der Waals surface area contributed by atoms with E-state index in [9.17, 15) is 4.79 Å². The lowest BCUT2D eigenvalue weighted by molar-refractivity contribution is -0.140. The van der Waals surface area contributed by atoms with Crippen molar-refractivity contribution in [2.24, 2.45) is 11.8 Å². The van der Waals surface area contributed by atoms with Gasteiger partial charge in [0.05, 0.1) is 17.0 Å². The van der Waals surface area contributed by atoms with E-state index < -0.39 is 0 Å². The zero-order valence-corrected chi connectivity index (χ0v) is 14.5. The summed E-state index contributed by atoms with van der Waals surface area (Å²) in [6, 6.07) is 18.9. The van der Waals surface area contributed by atoms with Crippen LogP contribution >= 0.6 is 0 Å². The van der Waals surface area contributed by atoms with Crippen molar-refractivity contribution in [1.82, 2.24) is 0 Å². The van der Waals surface area contributed by atoms with Gasteiger partial charge in [0.2, 0.25) is 0 Å². The van der Waals surface area contributed by atoms with Crippen molar-refractivity contribution in [2.75, 3.05) is 0 Å². The first kappa shape index (κ1) is 17.7. The first-order valence-electron chi connectivity index (χ1n) is 8.89. The van der Waals surface area contributed by atoms with Gasteiger partial charge in [-0.2, -0.15) is 10.5 Å². The summed E-state index contributed by atoms with van der Waals surface area (Å²) < 4.78 is 5.45. The van der Waals surface area contributed by atoms with Gasteiger partial charge < -0.3 is 4.74 Å². The lowest BCUT2D eigenvalue weighted by Gasteiger charge is -2.27. The molecule has 0 amide bonds. The fourth-order valence-electron chi connectivity index (χ4n) is 3.53. The van der Waals surface area contributed by atoms with Gasteiger partial charge in [0.1, 0.15) is 17.9 Å². The van der Waals surface area contributed by atoms with E-state index in [1.54, 1.807) is 6.07 Å². The second kappa shape index (κ2) is 8.32. The predicted molar refractivity (Wildman–Crippen MR) is 97.1 cm³/mol. The van der Waals surface area contributed by atoms with Gasteiger partial charge in [0, 0.05) is 6.07 Å². The summed E-state index contributed by atoms with van der Waals surface area (Å²) >= 11 is 0. The Labute approximate surface area is 153 Å². The van der Waals surface area contributed by atoms with Crippen LogP contribution in [0.4, 0.5) is 0 Å². The molecule has 0 saturated heterocycles. The number of nitrogens with zero attached hydrogens (tertiary/aromatic N) is 2. The molecule has 3 rings (SSSR count). The topological polar surface area (TPSA) is 73.9 Å². The Balaban J connectivity index is 1.54. The van der Waals surface area contributed by atoms with Gasteiger partial charge in [-0.3, -0.25) is 4.79 Å². The summed E-state index contributed by atoms with van der Waals surface area (Å²) in [5, 5.41) is 18.0. The molecule has 2 aromatic carbocycles. The highest BCUT2D eigenvalue weighted by atomic mass is 16.5. The Bertz CT molecular complexity index is 854. The lowest BCUT2D eigenvalue weighted by atomic mass is 9.79. The Hall–Kier alpha value is -3.11. The summed E-state index contributed by atoms with van der Waals surface area (Å²) in [5.74, 6) is 0.610. The second-order valence-electron chi connectivity index (χ2n) is 6.76.